The first kappa shape index (κ1) is 13.5. The van der Waals surface area contributed by atoms with Crippen molar-refractivity contribution >= 4 is 17.3 Å². The van der Waals surface area contributed by atoms with Gasteiger partial charge >= 0.3 is 0 Å². The van der Waals surface area contributed by atoms with Gasteiger partial charge in [-0.25, -0.2) is 0 Å². The monoisotopic (exact) mass is 286 g/mol. The molecular weight excluding hydrogens is 268 g/mol. The maximum atomic E-state index is 6.22. The summed E-state index contributed by atoms with van der Waals surface area (Å²) in [5.41, 5.74) is 3.89. The summed E-state index contributed by atoms with van der Waals surface area (Å²) >= 11 is 6.22. The lowest BCUT2D eigenvalue weighted by molar-refractivity contribution is 0.312. The molecule has 0 aromatic heterocycles. The van der Waals surface area contributed by atoms with Crippen LogP contribution in [0, 0.1) is 0 Å². The van der Waals surface area contributed by atoms with Crippen LogP contribution in [-0.2, 0) is 13.0 Å². The third-order valence-electron chi connectivity index (χ3n) is 3.77. The second kappa shape index (κ2) is 5.86. The van der Waals surface area contributed by atoms with E-state index >= 15 is 0 Å². The predicted octanol–water partition coefficient (Wildman–Crippen LogP) is 3.81. The molecule has 1 aliphatic rings. The molecule has 1 heterocycles. The smallest absolute Gasteiger partial charge is 0.0451 e. The molecule has 0 saturated carbocycles. The van der Waals surface area contributed by atoms with Gasteiger partial charge in [0, 0.05) is 29.8 Å². The van der Waals surface area contributed by atoms with Crippen LogP contribution in [0.1, 0.15) is 11.1 Å². The van der Waals surface area contributed by atoms with Gasteiger partial charge in [0.25, 0.3) is 0 Å². The van der Waals surface area contributed by atoms with Crippen molar-refractivity contribution in [2.45, 2.75) is 19.0 Å². The van der Waals surface area contributed by atoms with E-state index in [1.54, 1.807) is 0 Å². The van der Waals surface area contributed by atoms with E-state index in [2.05, 4.69) is 47.6 Å². The maximum absolute atomic E-state index is 6.22. The summed E-state index contributed by atoms with van der Waals surface area (Å²) in [7, 11) is 2.15. The van der Waals surface area contributed by atoms with Crippen molar-refractivity contribution in [3.05, 3.63) is 64.7 Å². The van der Waals surface area contributed by atoms with Crippen LogP contribution in [0.4, 0.5) is 5.69 Å². The lowest BCUT2D eigenvalue weighted by Crippen LogP contribution is -2.32. The zero-order valence-electron chi connectivity index (χ0n) is 11.6. The SMILES string of the molecule is CN(Cc1ccccc1Cl)CC1Cc2ccccc2N1. The van der Waals surface area contributed by atoms with Gasteiger partial charge in [-0.05, 0) is 36.7 Å². The van der Waals surface area contributed by atoms with Crippen LogP contribution in [0.25, 0.3) is 0 Å². The first-order valence-electron chi connectivity index (χ1n) is 6.99. The number of rotatable bonds is 4. The number of fused-ring (bicyclic) bond motifs is 1. The highest BCUT2D eigenvalue weighted by Gasteiger charge is 2.21. The average Bonchev–Trinajstić information content (AvgIpc) is 2.83. The van der Waals surface area contributed by atoms with E-state index in [1.807, 2.05) is 18.2 Å². The van der Waals surface area contributed by atoms with Crippen molar-refractivity contribution in [1.82, 2.24) is 4.90 Å². The summed E-state index contributed by atoms with van der Waals surface area (Å²) in [4.78, 5) is 2.32. The van der Waals surface area contributed by atoms with Gasteiger partial charge in [0.15, 0.2) is 0 Å². The summed E-state index contributed by atoms with van der Waals surface area (Å²) in [6.07, 6.45) is 1.10. The number of para-hydroxylation sites is 1. The van der Waals surface area contributed by atoms with Crippen LogP contribution in [0.15, 0.2) is 48.5 Å². The molecule has 0 fully saturated rings. The Labute approximate surface area is 125 Å². The third kappa shape index (κ3) is 2.97. The summed E-state index contributed by atoms with van der Waals surface area (Å²) in [5, 5.41) is 4.44. The molecule has 1 unspecified atom stereocenters. The average molecular weight is 287 g/mol. The molecule has 2 aromatic rings. The van der Waals surface area contributed by atoms with Gasteiger partial charge in [-0.15, -0.1) is 0 Å². The van der Waals surface area contributed by atoms with Crippen molar-refractivity contribution < 1.29 is 0 Å². The van der Waals surface area contributed by atoms with Crippen LogP contribution in [-0.4, -0.2) is 24.5 Å². The van der Waals surface area contributed by atoms with Crippen LogP contribution in [0.3, 0.4) is 0 Å². The number of hydrogen-bond donors (Lipinski definition) is 1. The Balaban J connectivity index is 1.59. The van der Waals surface area contributed by atoms with E-state index in [9.17, 15) is 0 Å². The topological polar surface area (TPSA) is 15.3 Å². The number of benzene rings is 2. The fraction of sp³-hybridized carbons (Fsp3) is 0.294. The van der Waals surface area contributed by atoms with E-state index in [4.69, 9.17) is 11.6 Å². The molecule has 0 radical (unpaired) electrons. The summed E-state index contributed by atoms with van der Waals surface area (Å²) in [5.74, 6) is 0. The molecule has 3 rings (SSSR count). The minimum absolute atomic E-state index is 0.486. The van der Waals surface area contributed by atoms with Gasteiger partial charge in [0.1, 0.15) is 0 Å². The quantitative estimate of drug-likeness (QED) is 0.919. The Morgan fingerprint density at radius 3 is 2.70 bits per heavy atom. The minimum Gasteiger partial charge on any atom is -0.380 e. The second-order valence-corrected chi connectivity index (χ2v) is 5.90. The van der Waals surface area contributed by atoms with Crippen LogP contribution >= 0.6 is 11.6 Å². The second-order valence-electron chi connectivity index (χ2n) is 5.49. The molecule has 1 N–H and O–H groups in total. The molecule has 104 valence electrons. The van der Waals surface area contributed by atoms with Gasteiger partial charge in [-0.1, -0.05) is 48.0 Å². The third-order valence-corrected chi connectivity index (χ3v) is 4.14. The van der Waals surface area contributed by atoms with Crippen LogP contribution < -0.4 is 5.32 Å². The molecule has 2 nitrogen and oxygen atoms in total. The number of halogens is 1. The predicted molar refractivity (Wildman–Crippen MR) is 85.3 cm³/mol. The van der Waals surface area contributed by atoms with Crippen LogP contribution in [0.2, 0.25) is 5.02 Å². The van der Waals surface area contributed by atoms with E-state index in [0.717, 1.165) is 24.5 Å². The van der Waals surface area contributed by atoms with E-state index in [1.165, 1.54) is 16.8 Å². The highest BCUT2D eigenvalue weighted by molar-refractivity contribution is 6.31. The van der Waals surface area contributed by atoms with Gasteiger partial charge in [0.2, 0.25) is 0 Å². The largest absolute Gasteiger partial charge is 0.380 e. The summed E-state index contributed by atoms with van der Waals surface area (Å²) in [6.45, 7) is 1.90. The lowest BCUT2D eigenvalue weighted by Gasteiger charge is -2.22. The van der Waals surface area contributed by atoms with Crippen molar-refractivity contribution in [1.29, 1.82) is 0 Å². The molecule has 0 saturated heterocycles. The Bertz CT molecular complexity index is 572. The van der Waals surface area contributed by atoms with Gasteiger partial charge < -0.3 is 10.2 Å². The molecule has 1 aliphatic heterocycles. The van der Waals surface area contributed by atoms with Gasteiger partial charge in [0.05, 0.1) is 0 Å². The molecule has 3 heteroatoms. The lowest BCUT2D eigenvalue weighted by atomic mass is 10.1. The number of nitrogens with zero attached hydrogens (tertiary/aromatic N) is 1. The Kier molecular flexibility index (Phi) is 3.95. The van der Waals surface area contributed by atoms with Crippen LogP contribution in [0.5, 0.6) is 0 Å². The van der Waals surface area contributed by atoms with Gasteiger partial charge in [-0.2, -0.15) is 0 Å². The fourth-order valence-electron chi connectivity index (χ4n) is 2.84. The number of nitrogens with one attached hydrogen (secondary N) is 1. The number of likely N-dealkylation sites (N-methyl/N-ethyl adjacent to an activating group) is 1. The van der Waals surface area contributed by atoms with Crippen molar-refractivity contribution in [2.75, 3.05) is 18.9 Å². The molecule has 20 heavy (non-hydrogen) atoms. The van der Waals surface area contributed by atoms with E-state index in [-0.39, 0.29) is 0 Å². The standard InChI is InChI=1S/C17H19ClN2/c1-20(11-14-7-2-4-8-16(14)18)12-15-10-13-6-3-5-9-17(13)19-15/h2-9,15,19H,10-12H2,1H3. The minimum atomic E-state index is 0.486. The van der Waals surface area contributed by atoms with E-state index in [0.29, 0.717) is 6.04 Å². The first-order chi connectivity index (χ1) is 9.72. The molecule has 0 bridgehead atoms. The van der Waals surface area contributed by atoms with Gasteiger partial charge in [-0.3, -0.25) is 0 Å². The fourth-order valence-corrected chi connectivity index (χ4v) is 3.04. The molecular formula is C17H19ClN2. The molecule has 0 amide bonds. The Morgan fingerprint density at radius 1 is 1.15 bits per heavy atom. The first-order valence-corrected chi connectivity index (χ1v) is 7.36. The van der Waals surface area contributed by atoms with Crippen molar-refractivity contribution in [3.8, 4) is 0 Å². The summed E-state index contributed by atoms with van der Waals surface area (Å²) in [6, 6.07) is 17.1. The zero-order valence-corrected chi connectivity index (χ0v) is 12.4. The normalized spacial score (nSPS) is 17.1. The highest BCUT2D eigenvalue weighted by Crippen LogP contribution is 2.25. The molecule has 2 aromatic carbocycles. The number of hydrogen-bond acceptors (Lipinski definition) is 2. The van der Waals surface area contributed by atoms with Crippen molar-refractivity contribution in [3.63, 3.8) is 0 Å². The van der Waals surface area contributed by atoms with Crippen molar-refractivity contribution in [2.24, 2.45) is 0 Å². The molecule has 1 atom stereocenters. The Hall–Kier alpha value is -1.51. The summed E-state index contributed by atoms with van der Waals surface area (Å²) < 4.78 is 0. The maximum Gasteiger partial charge on any atom is 0.0451 e. The zero-order chi connectivity index (χ0) is 13.9. The molecule has 0 aliphatic carbocycles. The Morgan fingerprint density at radius 2 is 1.90 bits per heavy atom. The number of anilines is 1. The molecule has 0 spiro atoms. The van der Waals surface area contributed by atoms with E-state index < -0.39 is 0 Å². The highest BCUT2D eigenvalue weighted by atomic mass is 35.5.